The average molecular weight is 392 g/mol. The molecule has 29 heavy (non-hydrogen) atoms. The lowest BCUT2D eigenvalue weighted by molar-refractivity contribution is -0.116. The minimum absolute atomic E-state index is 0.00819. The molecule has 150 valence electrons. The van der Waals surface area contributed by atoms with Gasteiger partial charge >= 0.3 is 0 Å². The average Bonchev–Trinajstić information content (AvgIpc) is 3.38. The van der Waals surface area contributed by atoms with Crippen LogP contribution in [-0.4, -0.2) is 46.2 Å². The highest BCUT2D eigenvalue weighted by Crippen LogP contribution is 2.25. The molecule has 1 aromatic heterocycles. The first-order chi connectivity index (χ1) is 14.2. The monoisotopic (exact) mass is 392 g/mol. The Morgan fingerprint density at radius 2 is 1.79 bits per heavy atom. The van der Waals surface area contributed by atoms with Crippen molar-refractivity contribution < 1.29 is 14.3 Å². The van der Waals surface area contributed by atoms with Crippen molar-refractivity contribution in [2.45, 2.75) is 26.3 Å². The summed E-state index contributed by atoms with van der Waals surface area (Å²) in [5, 5.41) is 8.16. The number of nitrogens with zero attached hydrogens (tertiary/aromatic N) is 3. The highest BCUT2D eigenvalue weighted by atomic mass is 16.5. The molecule has 2 amide bonds. The molecule has 2 heterocycles. The van der Waals surface area contributed by atoms with Gasteiger partial charge in [0.2, 0.25) is 5.91 Å². The smallest absolute Gasteiger partial charge is 0.275 e. The van der Waals surface area contributed by atoms with Crippen molar-refractivity contribution in [3.8, 4) is 5.75 Å². The zero-order valence-electron chi connectivity index (χ0n) is 16.4. The maximum Gasteiger partial charge on any atom is 0.275 e. The van der Waals surface area contributed by atoms with Gasteiger partial charge in [0.15, 0.2) is 5.69 Å². The van der Waals surface area contributed by atoms with Gasteiger partial charge in [0, 0.05) is 18.5 Å². The number of rotatable bonds is 6. The maximum atomic E-state index is 12.9. The molecule has 0 unspecified atom stereocenters. The third-order valence-electron chi connectivity index (χ3n) is 5.01. The van der Waals surface area contributed by atoms with E-state index in [0.717, 1.165) is 36.8 Å². The second-order valence-electron chi connectivity index (χ2n) is 7.00. The van der Waals surface area contributed by atoms with Crippen molar-refractivity contribution in [3.05, 3.63) is 54.2 Å². The molecule has 0 atom stereocenters. The molecule has 1 fully saturated rings. The first kappa shape index (κ1) is 19.0. The minimum Gasteiger partial charge on any atom is -0.492 e. The summed E-state index contributed by atoms with van der Waals surface area (Å²) in [7, 11) is 0. The van der Waals surface area contributed by atoms with Crippen molar-refractivity contribution in [1.82, 2.24) is 14.7 Å². The van der Waals surface area contributed by atoms with E-state index in [4.69, 9.17) is 4.74 Å². The summed E-state index contributed by atoms with van der Waals surface area (Å²) in [5.74, 6) is 0.323. The summed E-state index contributed by atoms with van der Waals surface area (Å²) in [6, 6.07) is 14.8. The highest BCUT2D eigenvalue weighted by molar-refractivity contribution is 6.05. The molecule has 1 N–H and O–H groups in total. The maximum absolute atomic E-state index is 12.9. The van der Waals surface area contributed by atoms with Crippen LogP contribution in [0.3, 0.4) is 0 Å². The van der Waals surface area contributed by atoms with Crippen LogP contribution in [0.2, 0.25) is 0 Å². The quantitative estimate of drug-likeness (QED) is 0.698. The molecule has 3 aromatic rings. The van der Waals surface area contributed by atoms with Crippen LogP contribution >= 0.6 is 0 Å². The van der Waals surface area contributed by atoms with Gasteiger partial charge in [0.05, 0.1) is 17.8 Å². The highest BCUT2D eigenvalue weighted by Gasteiger charge is 2.25. The van der Waals surface area contributed by atoms with E-state index in [1.165, 1.54) is 0 Å². The van der Waals surface area contributed by atoms with E-state index >= 15 is 0 Å². The van der Waals surface area contributed by atoms with E-state index < -0.39 is 0 Å². The normalized spacial score (nSPS) is 13.6. The molecular weight excluding hydrogens is 368 g/mol. The van der Waals surface area contributed by atoms with Gasteiger partial charge in [0.1, 0.15) is 12.3 Å². The van der Waals surface area contributed by atoms with Crippen LogP contribution in [-0.2, 0) is 11.3 Å². The number of para-hydroxylation sites is 3. The van der Waals surface area contributed by atoms with Gasteiger partial charge in [-0.2, -0.15) is 5.10 Å². The fraction of sp³-hybridized carbons (Fsp3) is 0.318. The molecule has 1 aliphatic rings. The first-order valence-electron chi connectivity index (χ1n) is 9.94. The van der Waals surface area contributed by atoms with Gasteiger partial charge in [-0.15, -0.1) is 0 Å². The predicted octanol–water partition coefficient (Wildman–Crippen LogP) is 3.31. The number of fused-ring (bicyclic) bond motifs is 1. The fourth-order valence-corrected chi connectivity index (χ4v) is 3.65. The molecule has 7 heteroatoms. The molecular formula is C22H24N4O3. The van der Waals surface area contributed by atoms with E-state index in [1.54, 1.807) is 10.7 Å². The van der Waals surface area contributed by atoms with E-state index in [9.17, 15) is 9.59 Å². The Morgan fingerprint density at radius 1 is 1.07 bits per heavy atom. The lowest BCUT2D eigenvalue weighted by Gasteiger charge is -2.13. The number of likely N-dealkylation sites (tertiary alicyclic amines) is 1. The number of aromatic nitrogens is 2. The number of hydrogen-bond donors (Lipinski definition) is 1. The van der Waals surface area contributed by atoms with Crippen molar-refractivity contribution in [3.63, 3.8) is 0 Å². The van der Waals surface area contributed by atoms with Crippen molar-refractivity contribution >= 4 is 28.4 Å². The second kappa shape index (κ2) is 8.34. The molecule has 0 aliphatic carbocycles. The molecule has 2 aromatic carbocycles. The number of amides is 2. The largest absolute Gasteiger partial charge is 0.492 e. The van der Waals surface area contributed by atoms with E-state index in [-0.39, 0.29) is 18.4 Å². The summed E-state index contributed by atoms with van der Waals surface area (Å²) in [6.45, 7) is 3.93. The van der Waals surface area contributed by atoms with Crippen molar-refractivity contribution in [2.75, 3.05) is 25.0 Å². The Bertz CT molecular complexity index is 1040. The standard InChI is InChI=1S/C22H24N4O3/c1-2-29-19-12-6-4-10-17(19)23-20(27)15-26-18-11-5-3-9-16(18)21(24-26)22(28)25-13-7-8-14-25/h3-6,9-12H,2,7-8,13-15H2,1H3,(H,23,27). The SMILES string of the molecule is CCOc1ccccc1NC(=O)Cn1nc(C(=O)N2CCCC2)c2ccccc21. The van der Waals surface area contributed by atoms with Crippen LogP contribution in [0.4, 0.5) is 5.69 Å². The lowest BCUT2D eigenvalue weighted by atomic mass is 10.2. The van der Waals surface area contributed by atoms with Gasteiger partial charge in [-0.1, -0.05) is 30.3 Å². The third kappa shape index (κ3) is 3.94. The van der Waals surface area contributed by atoms with Gasteiger partial charge in [-0.25, -0.2) is 0 Å². The Morgan fingerprint density at radius 3 is 2.59 bits per heavy atom. The van der Waals surface area contributed by atoms with E-state index in [2.05, 4.69) is 10.4 Å². The summed E-state index contributed by atoms with van der Waals surface area (Å²) >= 11 is 0. The second-order valence-corrected chi connectivity index (χ2v) is 7.00. The summed E-state index contributed by atoms with van der Waals surface area (Å²) in [6.07, 6.45) is 2.04. The number of anilines is 1. The van der Waals surface area contributed by atoms with Crippen LogP contribution in [0.25, 0.3) is 10.9 Å². The van der Waals surface area contributed by atoms with E-state index in [0.29, 0.717) is 23.7 Å². The summed E-state index contributed by atoms with van der Waals surface area (Å²) in [4.78, 5) is 27.4. The van der Waals surface area contributed by atoms with Crippen LogP contribution < -0.4 is 10.1 Å². The Hall–Kier alpha value is -3.35. The van der Waals surface area contributed by atoms with Crippen LogP contribution in [0.15, 0.2) is 48.5 Å². The van der Waals surface area contributed by atoms with Crippen molar-refractivity contribution in [1.29, 1.82) is 0 Å². The molecule has 4 rings (SSSR count). The third-order valence-corrected chi connectivity index (χ3v) is 5.01. The Balaban J connectivity index is 1.58. The number of benzene rings is 2. The molecule has 0 spiro atoms. The molecule has 1 saturated heterocycles. The van der Waals surface area contributed by atoms with Gasteiger partial charge < -0.3 is 15.0 Å². The number of carbonyl (C=O) groups is 2. The van der Waals surface area contributed by atoms with Gasteiger partial charge in [-0.05, 0) is 38.0 Å². The number of hydrogen-bond acceptors (Lipinski definition) is 4. The number of ether oxygens (including phenoxy) is 1. The first-order valence-corrected chi connectivity index (χ1v) is 9.94. The predicted molar refractivity (Wildman–Crippen MR) is 111 cm³/mol. The Kier molecular flexibility index (Phi) is 5.46. The number of nitrogens with one attached hydrogen (secondary N) is 1. The zero-order chi connectivity index (χ0) is 20.2. The minimum atomic E-state index is -0.231. The van der Waals surface area contributed by atoms with Gasteiger partial charge in [0.25, 0.3) is 5.91 Å². The molecule has 7 nitrogen and oxygen atoms in total. The van der Waals surface area contributed by atoms with Crippen LogP contribution in [0, 0.1) is 0 Å². The molecule has 0 saturated carbocycles. The molecule has 0 radical (unpaired) electrons. The summed E-state index contributed by atoms with van der Waals surface area (Å²) in [5.41, 5.74) is 1.79. The molecule has 1 aliphatic heterocycles. The lowest BCUT2D eigenvalue weighted by Crippen LogP contribution is -2.28. The number of carbonyl (C=O) groups excluding carboxylic acids is 2. The summed E-state index contributed by atoms with van der Waals surface area (Å²) < 4.78 is 7.16. The van der Waals surface area contributed by atoms with Crippen molar-refractivity contribution in [2.24, 2.45) is 0 Å². The van der Waals surface area contributed by atoms with Gasteiger partial charge in [-0.3, -0.25) is 14.3 Å². The Labute approximate surface area is 169 Å². The van der Waals surface area contributed by atoms with Crippen LogP contribution in [0.1, 0.15) is 30.3 Å². The van der Waals surface area contributed by atoms with E-state index in [1.807, 2.05) is 54.3 Å². The fourth-order valence-electron chi connectivity index (χ4n) is 3.65. The zero-order valence-corrected chi connectivity index (χ0v) is 16.4. The molecule has 0 bridgehead atoms. The van der Waals surface area contributed by atoms with Crippen LogP contribution in [0.5, 0.6) is 5.75 Å². The topological polar surface area (TPSA) is 76.5 Å².